The van der Waals surface area contributed by atoms with Gasteiger partial charge >= 0.3 is 0 Å². The van der Waals surface area contributed by atoms with Gasteiger partial charge in [0.25, 0.3) is 0 Å². The first-order valence-electron chi connectivity index (χ1n) is 3.29. The highest BCUT2D eigenvalue weighted by molar-refractivity contribution is 5.78. The van der Waals surface area contributed by atoms with Crippen molar-refractivity contribution in [3.05, 3.63) is 17.7 Å². The maximum Gasteiger partial charge on any atom is 0.239 e. The summed E-state index contributed by atoms with van der Waals surface area (Å²) in [7, 11) is 2.93. The van der Waals surface area contributed by atoms with E-state index in [2.05, 4.69) is 4.98 Å². The van der Waals surface area contributed by atoms with Crippen molar-refractivity contribution in [2.24, 2.45) is 0 Å². The first-order chi connectivity index (χ1) is 5.81. The molecular formula is C8H8NO3. The van der Waals surface area contributed by atoms with Crippen molar-refractivity contribution in [2.45, 2.75) is 0 Å². The fraction of sp³-hybridized carbons (Fsp3) is 0.250. The topological polar surface area (TPSA) is 48.4 Å². The Morgan fingerprint density at radius 2 is 2.08 bits per heavy atom. The van der Waals surface area contributed by atoms with E-state index in [1.165, 1.54) is 20.3 Å². The highest BCUT2D eigenvalue weighted by Crippen LogP contribution is 2.17. The minimum absolute atomic E-state index is 0.226. The molecule has 0 saturated heterocycles. The molecule has 0 N–H and O–H groups in total. The highest BCUT2D eigenvalue weighted by Gasteiger charge is 2.05. The number of hydrogen-bond acceptors (Lipinski definition) is 4. The summed E-state index contributed by atoms with van der Waals surface area (Å²) in [5, 5.41) is 0. The van der Waals surface area contributed by atoms with E-state index in [1.54, 1.807) is 12.4 Å². The average molecular weight is 166 g/mol. The Morgan fingerprint density at radius 3 is 2.58 bits per heavy atom. The van der Waals surface area contributed by atoms with E-state index in [0.29, 0.717) is 11.4 Å². The summed E-state index contributed by atoms with van der Waals surface area (Å²) in [6.45, 7) is 0. The van der Waals surface area contributed by atoms with Gasteiger partial charge < -0.3 is 9.47 Å². The van der Waals surface area contributed by atoms with Crippen LogP contribution in [0.2, 0.25) is 0 Å². The molecule has 0 atom stereocenters. The Morgan fingerprint density at radius 1 is 1.33 bits per heavy atom. The quantitative estimate of drug-likeness (QED) is 0.658. The predicted molar refractivity (Wildman–Crippen MR) is 42.1 cm³/mol. The van der Waals surface area contributed by atoms with Gasteiger partial charge in [-0.1, -0.05) is 0 Å². The molecule has 1 aromatic rings. The summed E-state index contributed by atoms with van der Waals surface area (Å²) < 4.78 is 9.66. The van der Waals surface area contributed by atoms with Crippen LogP contribution in [-0.4, -0.2) is 25.5 Å². The summed E-state index contributed by atoms with van der Waals surface area (Å²) in [4.78, 5) is 14.2. The van der Waals surface area contributed by atoms with Gasteiger partial charge in [-0.25, -0.2) is 0 Å². The summed E-state index contributed by atoms with van der Waals surface area (Å²) in [5.74, 6) is 0.634. The zero-order chi connectivity index (χ0) is 8.97. The molecule has 0 aliphatic rings. The van der Waals surface area contributed by atoms with Crippen molar-refractivity contribution < 1.29 is 14.3 Å². The van der Waals surface area contributed by atoms with Crippen LogP contribution in [0.4, 0.5) is 0 Å². The summed E-state index contributed by atoms with van der Waals surface area (Å²) >= 11 is 0. The molecule has 1 heterocycles. The van der Waals surface area contributed by atoms with Gasteiger partial charge in [-0.15, -0.1) is 0 Å². The third-order valence-electron chi connectivity index (χ3n) is 1.35. The number of methoxy groups -OCH3 is 2. The first-order valence-corrected chi connectivity index (χ1v) is 3.29. The van der Waals surface area contributed by atoms with E-state index < -0.39 is 0 Å². The Labute approximate surface area is 70.1 Å². The normalized spacial score (nSPS) is 9.17. The minimum Gasteiger partial charge on any atom is -0.481 e. The Bertz CT molecular complexity index is 286. The van der Waals surface area contributed by atoms with Crippen LogP contribution in [-0.2, 0) is 4.79 Å². The van der Waals surface area contributed by atoms with Crippen molar-refractivity contribution in [1.82, 2.24) is 4.98 Å². The van der Waals surface area contributed by atoms with Crippen LogP contribution in [0.25, 0.3) is 0 Å². The van der Waals surface area contributed by atoms with Gasteiger partial charge in [-0.05, 0) is 6.07 Å². The molecule has 0 spiro atoms. The van der Waals surface area contributed by atoms with Crippen molar-refractivity contribution in [1.29, 1.82) is 0 Å². The predicted octanol–water partition coefficient (Wildman–Crippen LogP) is 0.557. The summed E-state index contributed by atoms with van der Waals surface area (Å²) in [5.41, 5.74) is 0.290. The van der Waals surface area contributed by atoms with Gasteiger partial charge in [0, 0.05) is 6.07 Å². The van der Waals surface area contributed by atoms with E-state index in [-0.39, 0.29) is 5.88 Å². The lowest BCUT2D eigenvalue weighted by molar-refractivity contribution is 0.363. The maximum atomic E-state index is 10.3. The number of pyridine rings is 1. The fourth-order valence-electron chi connectivity index (χ4n) is 0.770. The Balaban J connectivity index is 3.10. The van der Waals surface area contributed by atoms with Crippen LogP contribution < -0.4 is 9.47 Å². The number of carbonyl (C=O) groups excluding carboxylic acids is 1. The van der Waals surface area contributed by atoms with Crippen molar-refractivity contribution in [3.63, 3.8) is 0 Å². The van der Waals surface area contributed by atoms with Gasteiger partial charge in [0.05, 0.1) is 19.8 Å². The molecular weight excluding hydrogens is 158 g/mol. The third kappa shape index (κ3) is 1.53. The number of rotatable bonds is 3. The van der Waals surface area contributed by atoms with Crippen LogP contribution in [0.1, 0.15) is 5.56 Å². The zero-order valence-corrected chi connectivity index (χ0v) is 6.83. The third-order valence-corrected chi connectivity index (χ3v) is 1.35. The molecule has 1 rings (SSSR count). The van der Waals surface area contributed by atoms with Gasteiger partial charge in [-0.2, -0.15) is 4.98 Å². The van der Waals surface area contributed by atoms with Gasteiger partial charge in [0.15, 0.2) is 0 Å². The minimum atomic E-state index is 0.226. The first kappa shape index (κ1) is 8.52. The highest BCUT2D eigenvalue weighted by atomic mass is 16.5. The van der Waals surface area contributed by atoms with Crippen LogP contribution in [0.5, 0.6) is 11.8 Å². The number of aromatic nitrogens is 1. The SMILES string of the molecule is COc1ccc([C]=O)c(OC)n1. The molecule has 1 radical (unpaired) electrons. The van der Waals surface area contributed by atoms with Crippen LogP contribution >= 0.6 is 0 Å². The van der Waals surface area contributed by atoms with Gasteiger partial charge in [0.2, 0.25) is 18.0 Å². The average Bonchev–Trinajstić information content (AvgIpc) is 2.16. The van der Waals surface area contributed by atoms with Gasteiger partial charge in [-0.3, -0.25) is 4.79 Å². The molecule has 63 valence electrons. The number of hydrogen-bond donors (Lipinski definition) is 0. The van der Waals surface area contributed by atoms with Gasteiger partial charge in [0.1, 0.15) is 0 Å². The second-order valence-electron chi connectivity index (χ2n) is 2.01. The standard InChI is InChI=1S/C8H8NO3/c1-11-7-4-3-6(5-10)8(9-7)12-2/h3-4H,1-2H3. The van der Waals surface area contributed by atoms with E-state index >= 15 is 0 Å². The molecule has 4 heteroatoms. The molecule has 0 unspecified atom stereocenters. The van der Waals surface area contributed by atoms with Crippen LogP contribution in [0.3, 0.4) is 0 Å². The molecule has 0 saturated carbocycles. The molecule has 0 amide bonds. The lowest BCUT2D eigenvalue weighted by Crippen LogP contribution is -1.96. The largest absolute Gasteiger partial charge is 0.481 e. The van der Waals surface area contributed by atoms with E-state index in [0.717, 1.165) is 0 Å². The lowest BCUT2D eigenvalue weighted by Gasteiger charge is -2.03. The number of ether oxygens (including phenoxy) is 2. The zero-order valence-electron chi connectivity index (χ0n) is 6.83. The maximum absolute atomic E-state index is 10.3. The number of nitrogens with zero attached hydrogens (tertiary/aromatic N) is 1. The van der Waals surface area contributed by atoms with Crippen molar-refractivity contribution >= 4 is 6.29 Å². The van der Waals surface area contributed by atoms with Crippen LogP contribution in [0, 0.1) is 0 Å². The summed E-state index contributed by atoms with van der Waals surface area (Å²) in [6.07, 6.45) is 1.70. The second-order valence-corrected chi connectivity index (χ2v) is 2.01. The Kier molecular flexibility index (Phi) is 2.63. The van der Waals surface area contributed by atoms with Crippen molar-refractivity contribution in [3.8, 4) is 11.8 Å². The molecule has 4 nitrogen and oxygen atoms in total. The lowest BCUT2D eigenvalue weighted by atomic mass is 10.3. The Hall–Kier alpha value is -1.58. The van der Waals surface area contributed by atoms with E-state index in [1.807, 2.05) is 0 Å². The van der Waals surface area contributed by atoms with E-state index in [9.17, 15) is 4.79 Å². The summed E-state index contributed by atoms with van der Waals surface area (Å²) in [6, 6.07) is 3.11. The van der Waals surface area contributed by atoms with Crippen molar-refractivity contribution in [2.75, 3.05) is 14.2 Å². The van der Waals surface area contributed by atoms with E-state index in [4.69, 9.17) is 9.47 Å². The molecule has 12 heavy (non-hydrogen) atoms. The van der Waals surface area contributed by atoms with Crippen LogP contribution in [0.15, 0.2) is 12.1 Å². The molecule has 0 bridgehead atoms. The molecule has 0 aliphatic heterocycles. The monoisotopic (exact) mass is 166 g/mol. The smallest absolute Gasteiger partial charge is 0.239 e. The molecule has 1 aromatic heterocycles. The molecule has 0 aliphatic carbocycles. The second kappa shape index (κ2) is 3.71. The molecule has 0 fully saturated rings. The fourth-order valence-corrected chi connectivity index (χ4v) is 0.770. The molecule has 0 aromatic carbocycles.